The number of fused-ring (bicyclic) bond motifs is 1. The molecule has 1 unspecified atom stereocenters. The highest BCUT2D eigenvalue weighted by molar-refractivity contribution is 7.15. The molecule has 0 radical (unpaired) electrons. The van der Waals surface area contributed by atoms with Crippen LogP contribution >= 0.6 is 9.24 Å². The Balaban J connectivity index is 0.000000281. The Morgan fingerprint density at radius 1 is 1.36 bits per heavy atom. The fourth-order valence-electron chi connectivity index (χ4n) is 0.883. The predicted octanol–water partition coefficient (Wildman–Crippen LogP) is 2.05. The first-order valence-electron chi connectivity index (χ1n) is 3.43. The number of aromatic nitrogens is 2. The molecule has 0 spiro atoms. The van der Waals surface area contributed by atoms with Gasteiger partial charge in [-0.2, -0.15) is 0 Å². The van der Waals surface area contributed by atoms with E-state index < -0.39 is 0 Å². The van der Waals surface area contributed by atoms with Gasteiger partial charge in [0.15, 0.2) is 0 Å². The number of nitrogens with one attached hydrogen (secondary N) is 1. The zero-order chi connectivity index (χ0) is 8.10. The minimum Gasteiger partial charge on any atom is -0.346 e. The second kappa shape index (κ2) is 4.09. The quantitative estimate of drug-likeness (QED) is 0.596. The zero-order valence-electron chi connectivity index (χ0n) is 6.41. The molecule has 3 heteroatoms. The fraction of sp³-hybridized carbons (Fsp3) is 0.125. The largest absolute Gasteiger partial charge is 0.346 e. The molecule has 1 N–H and O–H groups in total. The van der Waals surface area contributed by atoms with Crippen LogP contribution in [0.3, 0.4) is 0 Å². The number of pyridine rings is 1. The molecule has 0 fully saturated rings. The van der Waals surface area contributed by atoms with E-state index >= 15 is 0 Å². The SMILES string of the molecule is CP.c1cnc2[nH]ccc2c1. The monoisotopic (exact) mass is 166 g/mol. The molecule has 0 saturated heterocycles. The second-order valence-electron chi connectivity index (χ2n) is 1.92. The van der Waals surface area contributed by atoms with Gasteiger partial charge in [-0.15, -0.1) is 9.24 Å². The topological polar surface area (TPSA) is 28.7 Å². The van der Waals surface area contributed by atoms with Crippen LogP contribution in [-0.4, -0.2) is 16.6 Å². The lowest BCUT2D eigenvalue weighted by molar-refractivity contribution is 1.33. The molecule has 0 saturated carbocycles. The van der Waals surface area contributed by atoms with Crippen molar-refractivity contribution < 1.29 is 0 Å². The Hall–Kier alpha value is -0.880. The molecule has 2 aromatic heterocycles. The average molecular weight is 166 g/mol. The van der Waals surface area contributed by atoms with Gasteiger partial charge < -0.3 is 4.98 Å². The molecule has 11 heavy (non-hydrogen) atoms. The Labute approximate surface area is 68.2 Å². The summed E-state index contributed by atoms with van der Waals surface area (Å²) in [5, 5.41) is 1.16. The summed E-state index contributed by atoms with van der Waals surface area (Å²) in [7, 11) is 2.42. The van der Waals surface area contributed by atoms with Crippen LogP contribution in [0.15, 0.2) is 30.6 Å². The standard InChI is InChI=1S/C7H6N2.CH5P/c1-2-6-3-5-9-7(6)8-4-1;1-2/h1-5H,(H,8,9);2H2,1H3. The van der Waals surface area contributed by atoms with Gasteiger partial charge in [0.25, 0.3) is 0 Å². The van der Waals surface area contributed by atoms with E-state index in [0.717, 1.165) is 11.0 Å². The van der Waals surface area contributed by atoms with Crippen LogP contribution in [0.5, 0.6) is 0 Å². The first-order chi connectivity index (χ1) is 5.47. The minimum absolute atomic E-state index is 0.956. The third-order valence-corrected chi connectivity index (χ3v) is 1.32. The van der Waals surface area contributed by atoms with E-state index in [1.165, 1.54) is 0 Å². The van der Waals surface area contributed by atoms with E-state index in [1.54, 1.807) is 6.20 Å². The molecule has 0 amide bonds. The van der Waals surface area contributed by atoms with E-state index in [-0.39, 0.29) is 0 Å². The Bertz CT molecular complexity index is 286. The molecule has 0 aliphatic heterocycles. The van der Waals surface area contributed by atoms with E-state index in [9.17, 15) is 0 Å². The third kappa shape index (κ3) is 1.78. The molecular weight excluding hydrogens is 155 g/mol. The maximum Gasteiger partial charge on any atom is 0.137 e. The van der Waals surface area contributed by atoms with Crippen LogP contribution < -0.4 is 0 Å². The summed E-state index contributed by atoms with van der Waals surface area (Å²) in [5.74, 6) is 0. The summed E-state index contributed by atoms with van der Waals surface area (Å²) >= 11 is 0. The molecule has 2 nitrogen and oxygen atoms in total. The molecule has 0 aliphatic carbocycles. The Kier molecular flexibility index (Phi) is 3.06. The van der Waals surface area contributed by atoms with E-state index in [1.807, 2.05) is 31.1 Å². The predicted molar refractivity (Wildman–Crippen MR) is 51.7 cm³/mol. The minimum atomic E-state index is 0.956. The third-order valence-electron chi connectivity index (χ3n) is 1.32. The summed E-state index contributed by atoms with van der Waals surface area (Å²) in [6.07, 6.45) is 3.66. The van der Waals surface area contributed by atoms with Crippen molar-refractivity contribution in [1.29, 1.82) is 0 Å². The molecule has 58 valence electrons. The molecule has 2 rings (SSSR count). The summed E-state index contributed by atoms with van der Waals surface area (Å²) in [5.41, 5.74) is 0.956. The zero-order valence-corrected chi connectivity index (χ0v) is 7.57. The Morgan fingerprint density at radius 3 is 2.91 bits per heavy atom. The van der Waals surface area contributed by atoms with Crippen molar-refractivity contribution in [3.63, 3.8) is 0 Å². The van der Waals surface area contributed by atoms with Gasteiger partial charge in [0.1, 0.15) is 5.65 Å². The van der Waals surface area contributed by atoms with Gasteiger partial charge in [0.05, 0.1) is 0 Å². The highest BCUT2D eigenvalue weighted by atomic mass is 31.0. The highest BCUT2D eigenvalue weighted by Crippen LogP contribution is 2.05. The summed E-state index contributed by atoms with van der Waals surface area (Å²) in [6, 6.07) is 5.96. The molecule has 1 atom stereocenters. The van der Waals surface area contributed by atoms with E-state index in [2.05, 4.69) is 19.2 Å². The number of H-pyrrole nitrogens is 1. The number of rotatable bonds is 0. The first kappa shape index (κ1) is 8.22. The molecule has 2 heterocycles. The average Bonchev–Trinajstić information content (AvgIpc) is 2.55. The van der Waals surface area contributed by atoms with Crippen LogP contribution in [0.1, 0.15) is 0 Å². The highest BCUT2D eigenvalue weighted by Gasteiger charge is 1.88. The van der Waals surface area contributed by atoms with Gasteiger partial charge in [-0.1, -0.05) is 6.66 Å². The van der Waals surface area contributed by atoms with Gasteiger partial charge in [-0.3, -0.25) is 0 Å². The molecule has 0 aliphatic rings. The van der Waals surface area contributed by atoms with Crippen molar-refractivity contribution in [2.45, 2.75) is 0 Å². The maximum absolute atomic E-state index is 4.09. The summed E-state index contributed by atoms with van der Waals surface area (Å²) in [6.45, 7) is 1.92. The van der Waals surface area contributed by atoms with Crippen molar-refractivity contribution in [2.24, 2.45) is 0 Å². The van der Waals surface area contributed by atoms with Crippen molar-refractivity contribution in [3.8, 4) is 0 Å². The van der Waals surface area contributed by atoms with E-state index in [0.29, 0.717) is 0 Å². The van der Waals surface area contributed by atoms with E-state index in [4.69, 9.17) is 0 Å². The number of aromatic amines is 1. The van der Waals surface area contributed by atoms with Crippen molar-refractivity contribution in [3.05, 3.63) is 30.6 Å². The lowest BCUT2D eigenvalue weighted by Gasteiger charge is -1.82. The summed E-state index contributed by atoms with van der Waals surface area (Å²) in [4.78, 5) is 7.09. The van der Waals surface area contributed by atoms with Crippen molar-refractivity contribution in [1.82, 2.24) is 9.97 Å². The van der Waals surface area contributed by atoms with Crippen LogP contribution in [0, 0.1) is 0 Å². The molecule has 0 aromatic carbocycles. The smallest absolute Gasteiger partial charge is 0.137 e. The van der Waals surface area contributed by atoms with Gasteiger partial charge in [-0.25, -0.2) is 4.98 Å². The van der Waals surface area contributed by atoms with Crippen molar-refractivity contribution in [2.75, 3.05) is 6.66 Å². The van der Waals surface area contributed by atoms with Gasteiger partial charge >= 0.3 is 0 Å². The van der Waals surface area contributed by atoms with Gasteiger partial charge in [0.2, 0.25) is 0 Å². The van der Waals surface area contributed by atoms with Crippen LogP contribution in [-0.2, 0) is 0 Å². The second-order valence-corrected chi connectivity index (χ2v) is 1.92. The van der Waals surface area contributed by atoms with Crippen LogP contribution in [0.25, 0.3) is 11.0 Å². The molecular formula is C8H11N2P. The lowest BCUT2D eigenvalue weighted by atomic mass is 10.3. The lowest BCUT2D eigenvalue weighted by Crippen LogP contribution is -1.70. The summed E-state index contributed by atoms with van der Waals surface area (Å²) < 4.78 is 0. The first-order valence-corrected chi connectivity index (χ1v) is 4.58. The van der Waals surface area contributed by atoms with Gasteiger partial charge in [0, 0.05) is 17.8 Å². The van der Waals surface area contributed by atoms with Crippen LogP contribution in [0.4, 0.5) is 0 Å². The normalized spacial score (nSPS) is 8.91. The Morgan fingerprint density at radius 2 is 2.18 bits per heavy atom. The maximum atomic E-state index is 4.09. The fourth-order valence-corrected chi connectivity index (χ4v) is 0.883. The van der Waals surface area contributed by atoms with Gasteiger partial charge in [-0.05, 0) is 18.2 Å². The number of nitrogens with zero attached hydrogens (tertiary/aromatic N) is 1. The number of hydrogen-bond donors (Lipinski definition) is 1. The van der Waals surface area contributed by atoms with Crippen LogP contribution in [0.2, 0.25) is 0 Å². The molecule has 0 bridgehead atoms. The molecule has 2 aromatic rings. The van der Waals surface area contributed by atoms with Crippen molar-refractivity contribution >= 4 is 20.3 Å². The number of hydrogen-bond acceptors (Lipinski definition) is 1.